The second kappa shape index (κ2) is 9.54. The molecule has 2 heterocycles. The van der Waals surface area contributed by atoms with Crippen molar-refractivity contribution in [2.45, 2.75) is 26.2 Å². The number of morpholine rings is 1. The first-order chi connectivity index (χ1) is 13.6. The Hall–Kier alpha value is -2.62. The lowest BCUT2D eigenvalue weighted by atomic mass is 9.97. The summed E-state index contributed by atoms with van der Waals surface area (Å²) in [5.74, 6) is 1.35. The molecule has 0 bridgehead atoms. The molecule has 0 spiro atoms. The van der Waals surface area contributed by atoms with Crippen molar-refractivity contribution in [3.05, 3.63) is 41.6 Å². The van der Waals surface area contributed by atoms with Crippen LogP contribution in [0.4, 0.5) is 5.82 Å². The van der Waals surface area contributed by atoms with Crippen LogP contribution in [0.1, 0.15) is 37.4 Å². The molecule has 6 nitrogen and oxygen atoms in total. The molecule has 0 atom stereocenters. The van der Waals surface area contributed by atoms with Gasteiger partial charge in [0.05, 0.1) is 19.8 Å². The SMILES string of the molecule is CC(C)c1cc(-c2ccc(OCCCN3CCOCC3)cc2)c(C#N)c(N)n1. The highest BCUT2D eigenvalue weighted by atomic mass is 16.5. The first kappa shape index (κ1) is 20.1. The van der Waals surface area contributed by atoms with Crippen LogP contribution in [0, 0.1) is 11.3 Å². The van der Waals surface area contributed by atoms with E-state index in [0.717, 1.165) is 61.8 Å². The molecule has 1 aliphatic heterocycles. The van der Waals surface area contributed by atoms with Crippen molar-refractivity contribution in [2.75, 3.05) is 45.2 Å². The van der Waals surface area contributed by atoms with Crippen LogP contribution >= 0.6 is 0 Å². The zero-order valence-electron chi connectivity index (χ0n) is 16.6. The molecule has 1 saturated heterocycles. The number of hydrogen-bond acceptors (Lipinski definition) is 6. The number of benzene rings is 1. The van der Waals surface area contributed by atoms with Crippen LogP contribution in [0.2, 0.25) is 0 Å². The van der Waals surface area contributed by atoms with Crippen molar-refractivity contribution in [2.24, 2.45) is 0 Å². The predicted molar refractivity (Wildman–Crippen MR) is 110 cm³/mol. The Morgan fingerprint density at radius 3 is 2.61 bits per heavy atom. The van der Waals surface area contributed by atoms with Gasteiger partial charge in [0.1, 0.15) is 23.2 Å². The summed E-state index contributed by atoms with van der Waals surface area (Å²) in [7, 11) is 0. The fraction of sp³-hybridized carbons (Fsp3) is 0.455. The van der Waals surface area contributed by atoms with E-state index in [1.807, 2.05) is 30.3 Å². The van der Waals surface area contributed by atoms with E-state index in [1.54, 1.807) is 0 Å². The molecular weight excluding hydrogens is 352 g/mol. The van der Waals surface area contributed by atoms with Crippen molar-refractivity contribution in [1.82, 2.24) is 9.88 Å². The maximum absolute atomic E-state index is 9.49. The Morgan fingerprint density at radius 2 is 1.96 bits per heavy atom. The van der Waals surface area contributed by atoms with Crippen LogP contribution in [0.15, 0.2) is 30.3 Å². The van der Waals surface area contributed by atoms with Crippen molar-refractivity contribution in [1.29, 1.82) is 5.26 Å². The quantitative estimate of drug-likeness (QED) is 0.741. The average molecular weight is 380 g/mol. The second-order valence-corrected chi connectivity index (χ2v) is 7.30. The highest BCUT2D eigenvalue weighted by Crippen LogP contribution is 2.30. The van der Waals surface area contributed by atoms with Crippen molar-refractivity contribution in [3.63, 3.8) is 0 Å². The van der Waals surface area contributed by atoms with Crippen LogP contribution in [-0.4, -0.2) is 49.3 Å². The number of aromatic nitrogens is 1. The van der Waals surface area contributed by atoms with Crippen LogP contribution in [0.5, 0.6) is 5.75 Å². The minimum absolute atomic E-state index is 0.239. The summed E-state index contributed by atoms with van der Waals surface area (Å²) in [4.78, 5) is 6.76. The van der Waals surface area contributed by atoms with E-state index in [-0.39, 0.29) is 11.7 Å². The number of hydrogen-bond donors (Lipinski definition) is 1. The molecule has 28 heavy (non-hydrogen) atoms. The van der Waals surface area contributed by atoms with Gasteiger partial charge >= 0.3 is 0 Å². The topological polar surface area (TPSA) is 84.4 Å². The number of nitrogen functional groups attached to an aromatic ring is 1. The maximum atomic E-state index is 9.49. The molecule has 0 unspecified atom stereocenters. The first-order valence-corrected chi connectivity index (χ1v) is 9.82. The van der Waals surface area contributed by atoms with Crippen LogP contribution in [-0.2, 0) is 4.74 Å². The summed E-state index contributed by atoms with van der Waals surface area (Å²) >= 11 is 0. The van der Waals surface area contributed by atoms with Gasteiger partial charge in [-0.05, 0) is 36.1 Å². The van der Waals surface area contributed by atoms with Crippen LogP contribution < -0.4 is 10.5 Å². The lowest BCUT2D eigenvalue weighted by molar-refractivity contribution is 0.0358. The maximum Gasteiger partial charge on any atom is 0.142 e. The van der Waals surface area contributed by atoms with Gasteiger partial charge in [-0.15, -0.1) is 0 Å². The van der Waals surface area contributed by atoms with E-state index >= 15 is 0 Å². The lowest BCUT2D eigenvalue weighted by Crippen LogP contribution is -2.37. The zero-order chi connectivity index (χ0) is 19.9. The van der Waals surface area contributed by atoms with Crippen LogP contribution in [0.3, 0.4) is 0 Å². The van der Waals surface area contributed by atoms with Crippen LogP contribution in [0.25, 0.3) is 11.1 Å². The molecule has 1 aromatic heterocycles. The summed E-state index contributed by atoms with van der Waals surface area (Å²) in [6.45, 7) is 9.49. The van der Waals surface area contributed by atoms with Gasteiger partial charge in [-0.25, -0.2) is 4.98 Å². The normalized spacial score (nSPS) is 14.8. The Bertz CT molecular complexity index is 822. The number of ether oxygens (including phenoxy) is 2. The molecule has 0 radical (unpaired) electrons. The first-order valence-electron chi connectivity index (χ1n) is 9.82. The highest BCUT2D eigenvalue weighted by Gasteiger charge is 2.14. The average Bonchev–Trinajstić information content (AvgIpc) is 2.72. The molecule has 148 valence electrons. The molecule has 3 rings (SSSR count). The van der Waals surface area contributed by atoms with E-state index in [1.165, 1.54) is 0 Å². The van der Waals surface area contributed by atoms with Gasteiger partial charge in [0, 0.05) is 30.9 Å². The molecule has 1 fully saturated rings. The van der Waals surface area contributed by atoms with E-state index in [9.17, 15) is 5.26 Å². The van der Waals surface area contributed by atoms with Crippen molar-refractivity contribution < 1.29 is 9.47 Å². The molecule has 2 N–H and O–H groups in total. The summed E-state index contributed by atoms with van der Waals surface area (Å²) < 4.78 is 11.2. The summed E-state index contributed by atoms with van der Waals surface area (Å²) in [5, 5.41) is 9.49. The third-order valence-corrected chi connectivity index (χ3v) is 4.93. The molecule has 0 amide bonds. The predicted octanol–water partition coefficient (Wildman–Crippen LogP) is 3.43. The number of nitrogens with two attached hydrogens (primary N) is 1. The smallest absolute Gasteiger partial charge is 0.142 e. The molecule has 6 heteroatoms. The second-order valence-electron chi connectivity index (χ2n) is 7.30. The third kappa shape index (κ3) is 5.00. The molecule has 1 aliphatic rings. The number of nitriles is 1. The fourth-order valence-corrected chi connectivity index (χ4v) is 3.26. The largest absolute Gasteiger partial charge is 0.494 e. The van der Waals surface area contributed by atoms with Gasteiger partial charge in [0.15, 0.2) is 0 Å². The van der Waals surface area contributed by atoms with Crippen molar-refractivity contribution in [3.8, 4) is 22.9 Å². The van der Waals surface area contributed by atoms with E-state index in [0.29, 0.717) is 12.2 Å². The van der Waals surface area contributed by atoms with Gasteiger partial charge in [0.25, 0.3) is 0 Å². The Balaban J connectivity index is 1.63. The fourth-order valence-electron chi connectivity index (χ4n) is 3.26. The highest BCUT2D eigenvalue weighted by molar-refractivity contribution is 5.76. The standard InChI is InChI=1S/C22H28N4O2/c1-16(2)21-14-19(20(15-23)22(24)25-21)17-4-6-18(7-5-17)28-11-3-8-26-9-12-27-13-10-26/h4-7,14,16H,3,8-13H2,1-2H3,(H2,24,25). The van der Waals surface area contributed by atoms with E-state index < -0.39 is 0 Å². The van der Waals surface area contributed by atoms with E-state index in [4.69, 9.17) is 15.2 Å². The van der Waals surface area contributed by atoms with Gasteiger partial charge in [0.2, 0.25) is 0 Å². The monoisotopic (exact) mass is 380 g/mol. The zero-order valence-corrected chi connectivity index (χ0v) is 16.6. The molecule has 0 saturated carbocycles. The minimum Gasteiger partial charge on any atom is -0.494 e. The summed E-state index contributed by atoms with van der Waals surface area (Å²) in [5.41, 5.74) is 9.07. The molecule has 1 aromatic carbocycles. The number of nitrogens with zero attached hydrogens (tertiary/aromatic N) is 3. The lowest BCUT2D eigenvalue weighted by Gasteiger charge is -2.26. The summed E-state index contributed by atoms with van der Waals surface area (Å²) in [6.07, 6.45) is 0.985. The van der Waals surface area contributed by atoms with Gasteiger partial charge in [-0.1, -0.05) is 26.0 Å². The minimum atomic E-state index is 0.239. The Morgan fingerprint density at radius 1 is 1.25 bits per heavy atom. The third-order valence-electron chi connectivity index (χ3n) is 4.93. The molecular formula is C22H28N4O2. The van der Waals surface area contributed by atoms with Gasteiger partial charge in [-0.3, -0.25) is 4.90 Å². The number of anilines is 1. The number of rotatable bonds is 7. The van der Waals surface area contributed by atoms with Gasteiger partial charge in [-0.2, -0.15) is 5.26 Å². The Kier molecular flexibility index (Phi) is 6.85. The summed E-state index contributed by atoms with van der Waals surface area (Å²) in [6, 6.07) is 12.0. The molecule has 0 aliphatic carbocycles. The molecule has 2 aromatic rings. The van der Waals surface area contributed by atoms with Gasteiger partial charge < -0.3 is 15.2 Å². The number of pyridine rings is 1. The van der Waals surface area contributed by atoms with E-state index in [2.05, 4.69) is 29.8 Å². The Labute approximate surface area is 166 Å². The van der Waals surface area contributed by atoms with Crippen molar-refractivity contribution >= 4 is 5.82 Å².